The second-order valence-electron chi connectivity index (χ2n) is 2.04. The summed E-state index contributed by atoms with van der Waals surface area (Å²) < 4.78 is 0. The minimum Gasteiger partial charge on any atom is -0.508 e. The number of aromatic hydroxyl groups is 2. The first kappa shape index (κ1) is 6.93. The number of benzene rings is 1. The molecule has 0 saturated carbocycles. The second kappa shape index (κ2) is 2.60. The topological polar surface area (TPSA) is 40.5 Å². The van der Waals surface area contributed by atoms with Gasteiger partial charge in [-0.25, -0.2) is 0 Å². The van der Waals surface area contributed by atoms with Crippen LogP contribution in [-0.2, 0) is 6.42 Å². The van der Waals surface area contributed by atoms with E-state index in [1.165, 1.54) is 12.1 Å². The van der Waals surface area contributed by atoms with Gasteiger partial charge < -0.3 is 10.2 Å². The van der Waals surface area contributed by atoms with Crippen LogP contribution in [0.4, 0.5) is 0 Å². The van der Waals surface area contributed by atoms with Gasteiger partial charge in [0.1, 0.15) is 11.5 Å². The Morgan fingerprint density at radius 2 is 2.20 bits per heavy atom. The Kier molecular flexibility index (Phi) is 1.81. The average molecular weight is 137 g/mol. The molecular formula is C8H9O2. The third-order valence-corrected chi connectivity index (χ3v) is 1.41. The highest BCUT2D eigenvalue weighted by molar-refractivity contribution is 5.41. The molecule has 0 amide bonds. The zero-order chi connectivity index (χ0) is 7.56. The lowest BCUT2D eigenvalue weighted by Crippen LogP contribution is -1.81. The first-order valence-corrected chi connectivity index (χ1v) is 3.17. The second-order valence-corrected chi connectivity index (χ2v) is 2.04. The van der Waals surface area contributed by atoms with Crippen LogP contribution in [0.1, 0.15) is 12.5 Å². The summed E-state index contributed by atoms with van der Waals surface area (Å²) >= 11 is 0. The molecule has 2 heteroatoms. The molecule has 2 nitrogen and oxygen atoms in total. The number of phenols is 2. The van der Waals surface area contributed by atoms with Crippen LogP contribution in [0.2, 0.25) is 0 Å². The Hall–Kier alpha value is -1.18. The number of rotatable bonds is 1. The van der Waals surface area contributed by atoms with Gasteiger partial charge in [0.15, 0.2) is 0 Å². The molecule has 0 bridgehead atoms. The molecular weight excluding hydrogens is 128 g/mol. The quantitative estimate of drug-likeness (QED) is 0.615. The molecule has 0 aromatic heterocycles. The molecule has 0 unspecified atom stereocenters. The summed E-state index contributed by atoms with van der Waals surface area (Å²) in [5, 5.41) is 18.2. The minimum atomic E-state index is 0.0440. The molecule has 53 valence electrons. The minimum absolute atomic E-state index is 0.0440. The van der Waals surface area contributed by atoms with Gasteiger partial charge in [0.25, 0.3) is 0 Å². The molecule has 0 aliphatic heterocycles. The zero-order valence-corrected chi connectivity index (χ0v) is 5.76. The molecule has 0 aliphatic carbocycles. The van der Waals surface area contributed by atoms with E-state index in [0.29, 0.717) is 12.0 Å². The molecule has 0 aliphatic rings. The number of hydrogen-bond donors (Lipinski definition) is 2. The predicted octanol–water partition coefficient (Wildman–Crippen LogP) is 1.46. The van der Waals surface area contributed by atoms with Crippen molar-refractivity contribution in [2.24, 2.45) is 0 Å². The molecule has 0 heterocycles. The van der Waals surface area contributed by atoms with Gasteiger partial charge in [0.2, 0.25) is 0 Å². The van der Waals surface area contributed by atoms with E-state index in [0.717, 1.165) is 0 Å². The number of phenolic OH excluding ortho intramolecular Hbond substituents is 2. The van der Waals surface area contributed by atoms with Gasteiger partial charge in [-0.05, 0) is 18.6 Å². The molecule has 1 aromatic rings. The van der Waals surface area contributed by atoms with Gasteiger partial charge in [0, 0.05) is 11.6 Å². The van der Waals surface area contributed by atoms with E-state index in [1.807, 2.05) is 6.92 Å². The smallest absolute Gasteiger partial charge is 0.130 e. The van der Waals surface area contributed by atoms with E-state index in [9.17, 15) is 0 Å². The van der Waals surface area contributed by atoms with E-state index < -0.39 is 0 Å². The fraction of sp³-hybridized carbons (Fsp3) is 0.250. The summed E-state index contributed by atoms with van der Waals surface area (Å²) in [5.74, 6) is 0.182. The first-order valence-electron chi connectivity index (χ1n) is 3.17. The maximum atomic E-state index is 9.11. The molecule has 0 spiro atoms. The largest absolute Gasteiger partial charge is 0.508 e. The van der Waals surface area contributed by atoms with Gasteiger partial charge in [0.05, 0.1) is 0 Å². The average Bonchev–Trinajstić information content (AvgIpc) is 1.88. The highest BCUT2D eigenvalue weighted by atomic mass is 16.3. The standard InChI is InChI=1S/C8H9O2/c1-2-6-7(9)4-3-5-8(6)10/h3-4,9-10H,2H2,1H3. The van der Waals surface area contributed by atoms with Crippen molar-refractivity contribution in [3.05, 3.63) is 23.8 Å². The van der Waals surface area contributed by atoms with E-state index in [4.69, 9.17) is 10.2 Å². The maximum absolute atomic E-state index is 9.11. The van der Waals surface area contributed by atoms with Gasteiger partial charge in [-0.3, -0.25) is 0 Å². The Morgan fingerprint density at radius 1 is 1.50 bits per heavy atom. The van der Waals surface area contributed by atoms with Crippen molar-refractivity contribution in [3.8, 4) is 11.5 Å². The molecule has 1 rings (SSSR count). The SMILES string of the molecule is CCc1c(O)[c]ccc1O. The maximum Gasteiger partial charge on any atom is 0.130 e. The van der Waals surface area contributed by atoms with Gasteiger partial charge in [-0.2, -0.15) is 0 Å². The highest BCUT2D eigenvalue weighted by Gasteiger charge is 2.02. The van der Waals surface area contributed by atoms with Crippen molar-refractivity contribution in [2.75, 3.05) is 0 Å². The van der Waals surface area contributed by atoms with Gasteiger partial charge >= 0.3 is 0 Å². The lowest BCUT2D eigenvalue weighted by Gasteiger charge is -2.01. The lowest BCUT2D eigenvalue weighted by atomic mass is 10.1. The van der Waals surface area contributed by atoms with Crippen LogP contribution >= 0.6 is 0 Å². The van der Waals surface area contributed by atoms with E-state index in [-0.39, 0.29) is 11.5 Å². The van der Waals surface area contributed by atoms with Crippen molar-refractivity contribution in [3.63, 3.8) is 0 Å². The third kappa shape index (κ3) is 1.05. The van der Waals surface area contributed by atoms with Crippen molar-refractivity contribution < 1.29 is 10.2 Å². The van der Waals surface area contributed by atoms with Crippen LogP contribution in [0.15, 0.2) is 12.1 Å². The first-order chi connectivity index (χ1) is 4.75. The summed E-state index contributed by atoms with van der Waals surface area (Å²) in [6.45, 7) is 1.86. The van der Waals surface area contributed by atoms with Crippen LogP contribution in [0, 0.1) is 6.07 Å². The Balaban J connectivity index is 3.17. The van der Waals surface area contributed by atoms with Crippen LogP contribution in [0.3, 0.4) is 0 Å². The van der Waals surface area contributed by atoms with Crippen molar-refractivity contribution in [1.29, 1.82) is 0 Å². The molecule has 1 aromatic carbocycles. The van der Waals surface area contributed by atoms with E-state index in [2.05, 4.69) is 6.07 Å². The normalized spacial score (nSPS) is 9.70. The summed E-state index contributed by atoms with van der Waals surface area (Å²) in [7, 11) is 0. The highest BCUT2D eigenvalue weighted by Crippen LogP contribution is 2.25. The van der Waals surface area contributed by atoms with Crippen molar-refractivity contribution in [2.45, 2.75) is 13.3 Å². The fourth-order valence-electron chi connectivity index (χ4n) is 0.857. The van der Waals surface area contributed by atoms with Crippen LogP contribution in [0.5, 0.6) is 11.5 Å². The lowest BCUT2D eigenvalue weighted by molar-refractivity contribution is 0.439. The van der Waals surface area contributed by atoms with Crippen LogP contribution in [0.25, 0.3) is 0 Å². The Morgan fingerprint density at radius 3 is 2.60 bits per heavy atom. The van der Waals surface area contributed by atoms with Gasteiger partial charge in [-0.1, -0.05) is 6.92 Å². The van der Waals surface area contributed by atoms with E-state index >= 15 is 0 Å². The summed E-state index contributed by atoms with van der Waals surface area (Å²) in [4.78, 5) is 0. The summed E-state index contributed by atoms with van der Waals surface area (Å²) in [6, 6.07) is 5.59. The molecule has 1 radical (unpaired) electrons. The van der Waals surface area contributed by atoms with Crippen molar-refractivity contribution in [1.82, 2.24) is 0 Å². The molecule has 10 heavy (non-hydrogen) atoms. The predicted molar refractivity (Wildman–Crippen MR) is 38.0 cm³/mol. The zero-order valence-electron chi connectivity index (χ0n) is 5.76. The molecule has 0 atom stereocenters. The Bertz CT molecular complexity index is 210. The summed E-state index contributed by atoms with van der Waals surface area (Å²) in [6.07, 6.45) is 0.620. The summed E-state index contributed by atoms with van der Waals surface area (Å²) in [5.41, 5.74) is 0.558. The van der Waals surface area contributed by atoms with E-state index in [1.54, 1.807) is 0 Å². The molecule has 0 fully saturated rings. The fourth-order valence-corrected chi connectivity index (χ4v) is 0.857. The van der Waals surface area contributed by atoms with Crippen molar-refractivity contribution >= 4 is 0 Å². The number of hydrogen-bond acceptors (Lipinski definition) is 2. The van der Waals surface area contributed by atoms with Crippen LogP contribution < -0.4 is 0 Å². The Labute approximate surface area is 59.7 Å². The third-order valence-electron chi connectivity index (χ3n) is 1.41. The monoisotopic (exact) mass is 137 g/mol. The van der Waals surface area contributed by atoms with Crippen LogP contribution in [-0.4, -0.2) is 10.2 Å². The molecule has 2 N–H and O–H groups in total. The van der Waals surface area contributed by atoms with Gasteiger partial charge in [-0.15, -0.1) is 0 Å². The molecule has 0 saturated heterocycles.